The lowest BCUT2D eigenvalue weighted by Crippen LogP contribution is -2.47. The molecule has 5 nitrogen and oxygen atoms in total. The largest absolute Gasteiger partial charge is 0.336 e. The monoisotopic (exact) mass is 341 g/mol. The van der Waals surface area contributed by atoms with Gasteiger partial charge in [0.1, 0.15) is 5.82 Å². The number of benzene rings is 2. The van der Waals surface area contributed by atoms with Gasteiger partial charge in [-0.1, -0.05) is 6.07 Å². The third kappa shape index (κ3) is 4.22. The van der Waals surface area contributed by atoms with Crippen molar-refractivity contribution in [1.29, 1.82) is 0 Å². The van der Waals surface area contributed by atoms with Crippen LogP contribution in [0, 0.1) is 5.82 Å². The van der Waals surface area contributed by atoms with E-state index in [9.17, 15) is 14.0 Å². The zero-order valence-electron chi connectivity index (χ0n) is 14.0. The van der Waals surface area contributed by atoms with Crippen molar-refractivity contribution in [3.05, 3.63) is 65.5 Å². The maximum atomic E-state index is 13.2. The quantitative estimate of drug-likeness (QED) is 0.933. The number of anilines is 1. The Morgan fingerprint density at radius 3 is 2.28 bits per heavy atom. The molecular weight excluding hydrogens is 321 g/mol. The van der Waals surface area contributed by atoms with Crippen LogP contribution in [0.5, 0.6) is 0 Å². The molecule has 1 fully saturated rings. The highest BCUT2D eigenvalue weighted by Crippen LogP contribution is 2.14. The van der Waals surface area contributed by atoms with Gasteiger partial charge in [0.2, 0.25) is 0 Å². The fraction of sp³-hybridized carbons (Fsp3) is 0.263. The van der Waals surface area contributed by atoms with E-state index >= 15 is 0 Å². The highest BCUT2D eigenvalue weighted by molar-refractivity contribution is 6.04. The molecule has 0 spiro atoms. The number of halogens is 1. The average Bonchev–Trinajstić information content (AvgIpc) is 2.62. The van der Waals surface area contributed by atoms with Crippen molar-refractivity contribution in [1.82, 2.24) is 9.80 Å². The fourth-order valence-corrected chi connectivity index (χ4v) is 2.72. The molecule has 0 atom stereocenters. The summed E-state index contributed by atoms with van der Waals surface area (Å²) < 4.78 is 13.2. The summed E-state index contributed by atoms with van der Waals surface area (Å²) in [4.78, 5) is 28.6. The van der Waals surface area contributed by atoms with E-state index in [-0.39, 0.29) is 11.5 Å². The molecule has 0 bridgehead atoms. The second kappa shape index (κ2) is 7.44. The number of hydrogen-bond donors (Lipinski definition) is 1. The smallest absolute Gasteiger partial charge is 0.255 e. The predicted molar refractivity (Wildman–Crippen MR) is 94.2 cm³/mol. The van der Waals surface area contributed by atoms with Crippen LogP contribution in [0.3, 0.4) is 0 Å². The molecule has 0 unspecified atom stereocenters. The molecule has 0 aromatic heterocycles. The summed E-state index contributed by atoms with van der Waals surface area (Å²) in [6.07, 6.45) is 0. The minimum Gasteiger partial charge on any atom is -0.336 e. The van der Waals surface area contributed by atoms with Crippen molar-refractivity contribution >= 4 is 17.5 Å². The van der Waals surface area contributed by atoms with E-state index in [2.05, 4.69) is 10.2 Å². The number of likely N-dealkylation sites (N-methyl/N-ethyl adjacent to an activating group) is 1. The van der Waals surface area contributed by atoms with Gasteiger partial charge in [-0.2, -0.15) is 0 Å². The molecule has 2 aromatic rings. The van der Waals surface area contributed by atoms with Crippen LogP contribution in [0.2, 0.25) is 0 Å². The second-order valence-corrected chi connectivity index (χ2v) is 6.14. The Hall–Kier alpha value is -2.73. The van der Waals surface area contributed by atoms with Crippen molar-refractivity contribution in [3.63, 3.8) is 0 Å². The predicted octanol–water partition coefficient (Wildman–Crippen LogP) is 2.47. The van der Waals surface area contributed by atoms with E-state index in [1.54, 1.807) is 30.3 Å². The van der Waals surface area contributed by atoms with Crippen molar-refractivity contribution in [3.8, 4) is 0 Å². The molecule has 0 aliphatic carbocycles. The highest BCUT2D eigenvalue weighted by atomic mass is 19.1. The van der Waals surface area contributed by atoms with Crippen molar-refractivity contribution in [2.24, 2.45) is 0 Å². The summed E-state index contributed by atoms with van der Waals surface area (Å²) in [6.45, 7) is 3.17. The van der Waals surface area contributed by atoms with Crippen LogP contribution in [0.25, 0.3) is 0 Å². The van der Waals surface area contributed by atoms with Crippen LogP contribution in [0.4, 0.5) is 10.1 Å². The lowest BCUT2D eigenvalue weighted by Gasteiger charge is -2.32. The van der Waals surface area contributed by atoms with Crippen molar-refractivity contribution in [2.75, 3.05) is 38.5 Å². The maximum absolute atomic E-state index is 13.2. The highest BCUT2D eigenvalue weighted by Gasteiger charge is 2.20. The normalized spacial score (nSPS) is 15.0. The van der Waals surface area contributed by atoms with Crippen LogP contribution < -0.4 is 5.32 Å². The molecule has 1 aliphatic rings. The maximum Gasteiger partial charge on any atom is 0.255 e. The van der Waals surface area contributed by atoms with Gasteiger partial charge in [-0.05, 0) is 49.5 Å². The van der Waals surface area contributed by atoms with E-state index in [1.807, 2.05) is 11.9 Å². The van der Waals surface area contributed by atoms with Gasteiger partial charge < -0.3 is 15.1 Å². The van der Waals surface area contributed by atoms with Gasteiger partial charge in [0.25, 0.3) is 11.8 Å². The van der Waals surface area contributed by atoms with Gasteiger partial charge >= 0.3 is 0 Å². The standard InChI is InChI=1S/C19H20FN3O2/c1-22-9-11-23(12-10-22)19(25)14-5-7-17(8-6-14)21-18(24)15-3-2-4-16(20)13-15/h2-8,13H,9-12H2,1H3,(H,21,24). The van der Waals surface area contributed by atoms with Crippen LogP contribution in [-0.4, -0.2) is 54.8 Å². The van der Waals surface area contributed by atoms with Gasteiger partial charge in [-0.25, -0.2) is 4.39 Å². The van der Waals surface area contributed by atoms with Gasteiger partial charge in [0.05, 0.1) is 0 Å². The summed E-state index contributed by atoms with van der Waals surface area (Å²) in [7, 11) is 2.04. The number of hydrogen-bond acceptors (Lipinski definition) is 3. The third-order valence-corrected chi connectivity index (χ3v) is 4.27. The molecule has 0 radical (unpaired) electrons. The van der Waals surface area contributed by atoms with Gasteiger partial charge in [0, 0.05) is 43.0 Å². The Morgan fingerprint density at radius 1 is 0.960 bits per heavy atom. The molecule has 6 heteroatoms. The number of nitrogens with one attached hydrogen (secondary N) is 1. The minimum atomic E-state index is -0.458. The van der Waals surface area contributed by atoms with Crippen LogP contribution in [0.1, 0.15) is 20.7 Å². The second-order valence-electron chi connectivity index (χ2n) is 6.14. The molecule has 1 aliphatic heterocycles. The van der Waals surface area contributed by atoms with Crippen LogP contribution in [-0.2, 0) is 0 Å². The Labute approximate surface area is 146 Å². The fourth-order valence-electron chi connectivity index (χ4n) is 2.72. The molecule has 3 rings (SSSR count). The first-order chi connectivity index (χ1) is 12.0. The molecule has 1 N–H and O–H groups in total. The van der Waals surface area contributed by atoms with Gasteiger partial charge in [0.15, 0.2) is 0 Å². The Bertz CT molecular complexity index is 768. The number of piperazine rings is 1. The van der Waals surface area contributed by atoms with Crippen molar-refractivity contribution < 1.29 is 14.0 Å². The third-order valence-electron chi connectivity index (χ3n) is 4.27. The SMILES string of the molecule is CN1CCN(C(=O)c2ccc(NC(=O)c3cccc(F)c3)cc2)CC1. The molecular formula is C19H20FN3O2. The topological polar surface area (TPSA) is 52.6 Å². The van der Waals surface area contributed by atoms with E-state index in [1.165, 1.54) is 18.2 Å². The first-order valence-corrected chi connectivity index (χ1v) is 8.18. The Morgan fingerprint density at radius 2 is 1.64 bits per heavy atom. The minimum absolute atomic E-state index is 0.00360. The lowest BCUT2D eigenvalue weighted by atomic mass is 10.1. The Kier molecular flexibility index (Phi) is 5.09. The van der Waals surface area contributed by atoms with E-state index in [0.29, 0.717) is 24.3 Å². The number of carbonyl (C=O) groups excluding carboxylic acids is 2. The zero-order chi connectivity index (χ0) is 17.8. The zero-order valence-corrected chi connectivity index (χ0v) is 14.0. The van der Waals surface area contributed by atoms with Crippen LogP contribution in [0.15, 0.2) is 48.5 Å². The number of nitrogens with zero attached hydrogens (tertiary/aromatic N) is 2. The molecule has 25 heavy (non-hydrogen) atoms. The Balaban J connectivity index is 1.64. The summed E-state index contributed by atoms with van der Waals surface area (Å²) in [5.41, 5.74) is 1.40. The number of amides is 2. The van der Waals surface area contributed by atoms with Crippen LogP contribution >= 0.6 is 0 Å². The summed E-state index contributed by atoms with van der Waals surface area (Å²) in [6, 6.07) is 12.3. The molecule has 0 saturated carbocycles. The van der Waals surface area contributed by atoms with Crippen molar-refractivity contribution in [2.45, 2.75) is 0 Å². The summed E-state index contributed by atoms with van der Waals surface area (Å²) >= 11 is 0. The molecule has 1 heterocycles. The average molecular weight is 341 g/mol. The molecule has 2 aromatic carbocycles. The molecule has 2 amide bonds. The molecule has 130 valence electrons. The van der Waals surface area contributed by atoms with Gasteiger partial charge in [-0.3, -0.25) is 9.59 Å². The summed E-state index contributed by atoms with van der Waals surface area (Å²) in [5.74, 6) is -0.852. The first-order valence-electron chi connectivity index (χ1n) is 8.18. The van der Waals surface area contributed by atoms with Gasteiger partial charge in [-0.15, -0.1) is 0 Å². The lowest BCUT2D eigenvalue weighted by molar-refractivity contribution is 0.0664. The molecule has 1 saturated heterocycles. The number of carbonyl (C=O) groups is 2. The first kappa shape index (κ1) is 17.1. The van der Waals surface area contributed by atoms with E-state index < -0.39 is 11.7 Å². The van der Waals surface area contributed by atoms with E-state index in [0.717, 1.165) is 13.1 Å². The number of rotatable bonds is 3. The summed E-state index contributed by atoms with van der Waals surface area (Å²) in [5, 5.41) is 2.70. The van der Waals surface area contributed by atoms with E-state index in [4.69, 9.17) is 0 Å².